The van der Waals surface area contributed by atoms with Crippen molar-refractivity contribution in [2.45, 2.75) is 113 Å². The molecule has 4 saturated carbocycles. The molecule has 1 aromatic rings. The molecule has 0 radical (unpaired) electrons. The highest BCUT2D eigenvalue weighted by atomic mass is 32.2. The highest BCUT2D eigenvalue weighted by Crippen LogP contribution is 2.61. The van der Waals surface area contributed by atoms with Crippen LogP contribution >= 0.6 is 0 Å². The van der Waals surface area contributed by atoms with Crippen LogP contribution in [-0.4, -0.2) is 68.1 Å². The van der Waals surface area contributed by atoms with E-state index in [-0.39, 0.29) is 35.7 Å². The van der Waals surface area contributed by atoms with Crippen molar-refractivity contribution in [3.05, 3.63) is 29.8 Å². The van der Waals surface area contributed by atoms with Crippen LogP contribution in [0.15, 0.2) is 29.2 Å². The number of ether oxygens (including phenoxy) is 1. The average Bonchev–Trinajstić information content (AvgIpc) is 3.01. The van der Waals surface area contributed by atoms with E-state index in [2.05, 4.69) is 10.6 Å². The second kappa shape index (κ2) is 13.3. The monoisotopic (exact) mass is 663 g/mol. The number of amides is 2. The lowest BCUT2D eigenvalue weighted by Crippen LogP contribution is -2.65. The molecule has 2 aliphatic heterocycles. The van der Waals surface area contributed by atoms with Gasteiger partial charge >= 0.3 is 6.09 Å². The van der Waals surface area contributed by atoms with Gasteiger partial charge in [-0.15, -0.1) is 0 Å². The summed E-state index contributed by atoms with van der Waals surface area (Å²) in [5, 5.41) is 5.59. The van der Waals surface area contributed by atoms with Crippen molar-refractivity contribution in [1.29, 1.82) is 0 Å². The van der Waals surface area contributed by atoms with Gasteiger partial charge in [-0.25, -0.2) is 13.2 Å². The number of sulfonamides is 1. The van der Waals surface area contributed by atoms with Crippen LogP contribution in [0.25, 0.3) is 0 Å². The first-order valence-electron chi connectivity index (χ1n) is 16.9. The molecule has 6 fully saturated rings. The first-order valence-corrected chi connectivity index (χ1v) is 18.4. The standard InChI is InChI=1S/C33H49N3O9S/c1-31(2,3)41-30(38)35-15-5-4-14-34-29(37)11-8-23-6-9-28(10-7-23)46(39,40)36-16-12-32(13-17-36)42-44-33(45-43-32)26-19-24-18-25(21-26)22-27(33)20-24/h6-7,9-10,24-27H,4-5,8,11-22H2,1-3H3,(H,34,37)(H,35,38). The zero-order valence-electron chi connectivity index (χ0n) is 27.3. The van der Waals surface area contributed by atoms with E-state index in [4.69, 9.17) is 24.3 Å². The maximum atomic E-state index is 13.4. The molecule has 2 heterocycles. The summed E-state index contributed by atoms with van der Waals surface area (Å²) < 4.78 is 33.5. The lowest BCUT2D eigenvalue weighted by atomic mass is 9.53. The maximum absolute atomic E-state index is 13.4. The summed E-state index contributed by atoms with van der Waals surface area (Å²) >= 11 is 0. The molecule has 2 N–H and O–H groups in total. The molecule has 12 nitrogen and oxygen atoms in total. The third kappa shape index (κ3) is 7.39. The Morgan fingerprint density at radius 2 is 1.43 bits per heavy atom. The highest BCUT2D eigenvalue weighted by Gasteiger charge is 2.64. The third-order valence-electron chi connectivity index (χ3n) is 10.2. The number of hydrogen-bond acceptors (Lipinski definition) is 9. The van der Waals surface area contributed by atoms with Gasteiger partial charge in [-0.3, -0.25) is 4.79 Å². The molecule has 2 spiro atoms. The van der Waals surface area contributed by atoms with Gasteiger partial charge in [0, 0.05) is 57.3 Å². The minimum Gasteiger partial charge on any atom is -0.444 e. The van der Waals surface area contributed by atoms with Gasteiger partial charge in [0.25, 0.3) is 0 Å². The smallest absolute Gasteiger partial charge is 0.407 e. The fourth-order valence-corrected chi connectivity index (χ4v) is 9.40. The molecule has 0 unspecified atom stereocenters. The molecule has 0 aromatic heterocycles. The zero-order valence-corrected chi connectivity index (χ0v) is 28.1. The average molecular weight is 664 g/mol. The number of nitrogens with one attached hydrogen (secondary N) is 2. The highest BCUT2D eigenvalue weighted by molar-refractivity contribution is 7.89. The summed E-state index contributed by atoms with van der Waals surface area (Å²) in [4.78, 5) is 48.3. The number of rotatable bonds is 10. The minimum atomic E-state index is -3.71. The summed E-state index contributed by atoms with van der Waals surface area (Å²) in [6, 6.07) is 6.71. The van der Waals surface area contributed by atoms with Gasteiger partial charge in [-0.1, -0.05) is 12.1 Å². The zero-order chi connectivity index (χ0) is 32.6. The summed E-state index contributed by atoms with van der Waals surface area (Å²) in [6.45, 7) is 6.87. The van der Waals surface area contributed by atoms with E-state index in [1.165, 1.54) is 10.7 Å². The van der Waals surface area contributed by atoms with Gasteiger partial charge in [0.1, 0.15) is 5.60 Å². The molecule has 13 heteroatoms. The van der Waals surface area contributed by atoms with Crippen LogP contribution in [0, 0.1) is 23.7 Å². The summed E-state index contributed by atoms with van der Waals surface area (Å²) in [6.07, 6.45) is 8.06. The number of unbranched alkanes of at least 4 members (excludes halogenated alkanes) is 1. The van der Waals surface area contributed by atoms with Crippen LogP contribution in [0.4, 0.5) is 4.79 Å². The number of carbonyl (C=O) groups is 2. The van der Waals surface area contributed by atoms with E-state index in [9.17, 15) is 18.0 Å². The molecular formula is C33H49N3O9S. The van der Waals surface area contributed by atoms with E-state index in [0.717, 1.165) is 55.9 Å². The number of carbonyl (C=O) groups excluding carboxylic acids is 2. The van der Waals surface area contributed by atoms with Crippen LogP contribution in [-0.2, 0) is 45.5 Å². The van der Waals surface area contributed by atoms with E-state index in [1.54, 1.807) is 24.3 Å². The lowest BCUT2D eigenvalue weighted by molar-refractivity contribution is -0.680. The SMILES string of the molecule is CC(C)(C)OC(=O)NCCCCNC(=O)CCc1ccc(S(=O)(=O)N2CCC3(CC2)OOC2(OO3)C3CC4CC(C3)CC2C4)cc1. The van der Waals surface area contributed by atoms with Crippen LogP contribution in [0.2, 0.25) is 0 Å². The van der Waals surface area contributed by atoms with Crippen molar-refractivity contribution in [3.63, 3.8) is 0 Å². The predicted octanol–water partition coefficient (Wildman–Crippen LogP) is 4.58. The Kier molecular flexibility index (Phi) is 9.73. The van der Waals surface area contributed by atoms with Crippen LogP contribution < -0.4 is 10.6 Å². The van der Waals surface area contributed by atoms with E-state index < -0.39 is 33.3 Å². The van der Waals surface area contributed by atoms with Crippen molar-refractivity contribution in [1.82, 2.24) is 14.9 Å². The summed E-state index contributed by atoms with van der Waals surface area (Å²) in [5.41, 5.74) is 0.346. The Labute approximate surface area is 272 Å². The first kappa shape index (κ1) is 33.6. The van der Waals surface area contributed by atoms with Crippen molar-refractivity contribution in [3.8, 4) is 0 Å². The normalized spacial score (nSPS) is 28.3. The van der Waals surface area contributed by atoms with Gasteiger partial charge in [0.05, 0.1) is 4.90 Å². The number of hydrogen-bond donors (Lipinski definition) is 2. The van der Waals surface area contributed by atoms with Crippen LogP contribution in [0.5, 0.6) is 0 Å². The van der Waals surface area contributed by atoms with Gasteiger partial charge < -0.3 is 15.4 Å². The van der Waals surface area contributed by atoms with Crippen LogP contribution in [0.3, 0.4) is 0 Å². The number of piperidine rings is 1. The first-order chi connectivity index (χ1) is 21.9. The van der Waals surface area contributed by atoms with E-state index in [0.29, 0.717) is 38.8 Å². The van der Waals surface area contributed by atoms with E-state index >= 15 is 0 Å². The Hall–Kier alpha value is -2.29. The molecule has 6 aliphatic rings. The van der Waals surface area contributed by atoms with Gasteiger partial charge in [-0.05, 0) is 102 Å². The molecular weight excluding hydrogens is 614 g/mol. The number of benzene rings is 1. The predicted molar refractivity (Wildman–Crippen MR) is 166 cm³/mol. The molecule has 46 heavy (non-hydrogen) atoms. The Morgan fingerprint density at radius 3 is 2.00 bits per heavy atom. The second-order valence-electron chi connectivity index (χ2n) is 14.8. The topological polar surface area (TPSA) is 142 Å². The Bertz CT molecular complexity index is 1310. The molecule has 2 saturated heterocycles. The van der Waals surface area contributed by atoms with Gasteiger partial charge in [0.15, 0.2) is 0 Å². The van der Waals surface area contributed by atoms with Crippen molar-refractivity contribution < 1.29 is 42.3 Å². The summed E-state index contributed by atoms with van der Waals surface area (Å²) in [5.74, 6) is 0.0623. The maximum Gasteiger partial charge on any atom is 0.407 e. The Balaban J connectivity index is 0.899. The van der Waals surface area contributed by atoms with E-state index in [1.807, 2.05) is 20.8 Å². The fraction of sp³-hybridized carbons (Fsp3) is 0.758. The molecule has 2 amide bonds. The third-order valence-corrected chi connectivity index (χ3v) is 12.1. The van der Waals surface area contributed by atoms with Crippen LogP contribution in [0.1, 0.15) is 90.5 Å². The minimum absolute atomic E-state index is 0.0756. The second-order valence-corrected chi connectivity index (χ2v) is 16.7. The van der Waals surface area contributed by atoms with Gasteiger partial charge in [-0.2, -0.15) is 23.9 Å². The molecule has 7 rings (SSSR count). The Morgan fingerprint density at radius 1 is 0.870 bits per heavy atom. The number of alkyl carbamates (subject to hydrolysis) is 1. The van der Waals surface area contributed by atoms with Gasteiger partial charge in [0.2, 0.25) is 27.5 Å². The fourth-order valence-electron chi connectivity index (χ4n) is 7.96. The molecule has 4 aliphatic carbocycles. The largest absolute Gasteiger partial charge is 0.444 e. The lowest BCUT2D eigenvalue weighted by Gasteiger charge is -2.60. The molecule has 256 valence electrons. The number of aryl methyl sites for hydroxylation is 1. The number of nitrogens with zero attached hydrogens (tertiary/aromatic N) is 1. The summed E-state index contributed by atoms with van der Waals surface area (Å²) in [7, 11) is -3.71. The quantitative estimate of drug-likeness (QED) is 0.272. The molecule has 4 bridgehead atoms. The van der Waals surface area contributed by atoms with Crippen molar-refractivity contribution >= 4 is 22.0 Å². The van der Waals surface area contributed by atoms with Crippen molar-refractivity contribution in [2.75, 3.05) is 26.2 Å². The molecule has 0 atom stereocenters. The molecule has 1 aromatic carbocycles. The van der Waals surface area contributed by atoms with Crippen molar-refractivity contribution in [2.24, 2.45) is 23.7 Å².